The molecule has 3 amide bonds. The number of halogens is 2. The van der Waals surface area contributed by atoms with Crippen LogP contribution in [0.1, 0.15) is 65.7 Å². The van der Waals surface area contributed by atoms with Crippen molar-refractivity contribution in [2.75, 3.05) is 50.7 Å². The van der Waals surface area contributed by atoms with Crippen LogP contribution in [0.3, 0.4) is 0 Å². The molecule has 5 aliphatic rings. The topological polar surface area (TPSA) is 130 Å². The number of piperazine rings is 1. The summed E-state index contributed by atoms with van der Waals surface area (Å²) in [6, 6.07) is 11.6. The third kappa shape index (κ3) is 5.51. The van der Waals surface area contributed by atoms with Crippen molar-refractivity contribution in [2.24, 2.45) is 17.3 Å². The van der Waals surface area contributed by atoms with E-state index >= 15 is 0 Å². The van der Waals surface area contributed by atoms with Gasteiger partial charge in [0.2, 0.25) is 11.8 Å². The maximum absolute atomic E-state index is 14.5. The van der Waals surface area contributed by atoms with E-state index in [4.69, 9.17) is 0 Å². The number of hydrogen-bond acceptors (Lipinski definition) is 7. The number of piperidine rings is 2. The van der Waals surface area contributed by atoms with Crippen molar-refractivity contribution in [1.29, 1.82) is 0 Å². The minimum Gasteiger partial charge on any atom is -0.357 e. The monoisotopic (exact) mass is 696 g/mol. The number of nitrogens with zero attached hydrogens (tertiary/aromatic N) is 5. The average molecular weight is 697 g/mol. The number of benzene rings is 1. The van der Waals surface area contributed by atoms with Crippen LogP contribution in [-0.2, 0) is 22.4 Å². The van der Waals surface area contributed by atoms with Gasteiger partial charge in [-0.2, -0.15) is 5.10 Å². The van der Waals surface area contributed by atoms with Crippen molar-refractivity contribution in [3.05, 3.63) is 65.0 Å². The maximum atomic E-state index is 14.5. The van der Waals surface area contributed by atoms with Crippen molar-refractivity contribution >= 4 is 34.4 Å². The van der Waals surface area contributed by atoms with Crippen molar-refractivity contribution in [3.63, 3.8) is 0 Å². The molecule has 13 heteroatoms. The molecule has 11 nitrogen and oxygen atoms in total. The number of nitrogens with one attached hydrogen (secondary N) is 3. The van der Waals surface area contributed by atoms with Crippen LogP contribution in [0, 0.1) is 17.3 Å². The highest BCUT2D eigenvalue weighted by Crippen LogP contribution is 2.70. The highest BCUT2D eigenvalue weighted by Gasteiger charge is 2.78. The van der Waals surface area contributed by atoms with E-state index in [1.54, 1.807) is 13.1 Å². The van der Waals surface area contributed by atoms with Crippen LogP contribution in [-0.4, -0.2) is 99.4 Å². The molecule has 51 heavy (non-hydrogen) atoms. The second-order valence-corrected chi connectivity index (χ2v) is 15.5. The summed E-state index contributed by atoms with van der Waals surface area (Å²) in [5, 5.41) is 10.9. The fourth-order valence-electron chi connectivity index (χ4n) is 9.08. The van der Waals surface area contributed by atoms with Crippen LogP contribution < -0.4 is 10.2 Å². The Morgan fingerprint density at radius 3 is 2.59 bits per heavy atom. The van der Waals surface area contributed by atoms with Gasteiger partial charge in [-0.3, -0.25) is 29.7 Å². The summed E-state index contributed by atoms with van der Waals surface area (Å²) in [7, 11) is 0. The minimum atomic E-state index is -2.64. The van der Waals surface area contributed by atoms with E-state index in [9.17, 15) is 23.2 Å². The molecule has 1 unspecified atom stereocenters. The number of alkyl halides is 2. The second-order valence-electron chi connectivity index (χ2n) is 15.5. The molecular weight excluding hydrogens is 654 g/mol. The highest BCUT2D eigenvalue weighted by atomic mass is 19.3. The van der Waals surface area contributed by atoms with Crippen molar-refractivity contribution in [3.8, 4) is 11.4 Å². The molecule has 4 aromatic rings. The summed E-state index contributed by atoms with van der Waals surface area (Å²) < 4.78 is 28.9. The smallest absolute Gasteiger partial charge is 0.258 e. The maximum Gasteiger partial charge on any atom is 0.258 e. The Balaban J connectivity index is 0.779. The number of pyridine rings is 1. The van der Waals surface area contributed by atoms with E-state index in [0.717, 1.165) is 84.8 Å². The number of anilines is 1. The van der Waals surface area contributed by atoms with E-state index in [1.807, 2.05) is 41.3 Å². The predicted molar refractivity (Wildman–Crippen MR) is 186 cm³/mol. The van der Waals surface area contributed by atoms with Crippen LogP contribution >= 0.6 is 0 Å². The van der Waals surface area contributed by atoms with Gasteiger partial charge < -0.3 is 14.8 Å². The Labute approximate surface area is 294 Å². The number of carbonyl (C=O) groups is 3. The molecular formula is C38H42F2N8O3. The lowest BCUT2D eigenvalue weighted by Gasteiger charge is -2.39. The number of aromatic nitrogens is 4. The zero-order chi connectivity index (χ0) is 35.1. The predicted octanol–water partition coefficient (Wildman–Crippen LogP) is 4.52. The largest absolute Gasteiger partial charge is 0.357 e. The van der Waals surface area contributed by atoms with Gasteiger partial charge in [-0.25, -0.2) is 13.8 Å². The van der Waals surface area contributed by atoms with Gasteiger partial charge in [-0.15, -0.1) is 0 Å². The molecule has 2 aliphatic carbocycles. The summed E-state index contributed by atoms with van der Waals surface area (Å²) in [6.45, 7) is 7.48. The lowest BCUT2D eigenvalue weighted by Crippen LogP contribution is -2.50. The van der Waals surface area contributed by atoms with Crippen molar-refractivity contribution in [1.82, 2.24) is 35.3 Å². The number of carbonyl (C=O) groups excluding carboxylic acids is 3. The fourth-order valence-corrected chi connectivity index (χ4v) is 9.08. The van der Waals surface area contributed by atoms with Gasteiger partial charge in [0.25, 0.3) is 11.8 Å². The van der Waals surface area contributed by atoms with E-state index in [-0.39, 0.29) is 23.6 Å². The van der Waals surface area contributed by atoms with E-state index < -0.39 is 17.3 Å². The Morgan fingerprint density at radius 2 is 1.80 bits per heavy atom. The number of aromatic amines is 2. The van der Waals surface area contributed by atoms with Gasteiger partial charge >= 0.3 is 0 Å². The first-order valence-corrected chi connectivity index (χ1v) is 18.2. The van der Waals surface area contributed by atoms with Gasteiger partial charge in [-0.1, -0.05) is 13.0 Å². The highest BCUT2D eigenvalue weighted by molar-refractivity contribution is 6.01. The number of H-pyrrole nitrogens is 2. The Bertz CT molecular complexity index is 2040. The minimum absolute atomic E-state index is 0.0143. The third-order valence-electron chi connectivity index (χ3n) is 12.4. The summed E-state index contributed by atoms with van der Waals surface area (Å²) in [6.07, 6.45) is 5.37. The number of fused-ring (bicyclic) bond motifs is 3. The normalized spacial score (nSPS) is 26.6. The zero-order valence-corrected chi connectivity index (χ0v) is 28.7. The van der Waals surface area contributed by atoms with Crippen LogP contribution in [0.25, 0.3) is 22.3 Å². The number of amides is 3. The van der Waals surface area contributed by atoms with E-state index in [0.29, 0.717) is 55.9 Å². The number of rotatable bonds is 6. The van der Waals surface area contributed by atoms with Gasteiger partial charge in [0, 0.05) is 104 Å². The summed E-state index contributed by atoms with van der Waals surface area (Å²) >= 11 is 0. The summed E-state index contributed by atoms with van der Waals surface area (Å²) in [4.78, 5) is 52.3. The standard InChI is InChI=1S/C38H42F2N8O3/c1-37-20-30-27(19-31(37)38(37,39)40)34(45-44-30)29-16-24-2-3-25(17-28(24)42-29)36(51)48-14-12-46(13-15-48)21-22-7-10-47(11-8-22)32-18-23(6-9-41-32)26-4-5-33(49)43-35(26)50/h2-3,6,9,16-18,22,26,31,42H,4-5,7-8,10-15,19-21H2,1H3,(H,44,45)(H,43,49,50)/t26?,31-,37+/m0/s1. The van der Waals surface area contributed by atoms with Crippen LogP contribution in [0.15, 0.2) is 42.6 Å². The lowest BCUT2D eigenvalue weighted by atomic mass is 9.87. The SMILES string of the molecule is C[C@@]12Cc3[nH]nc(-c4cc5ccc(C(=O)N6CCN(CC7CCN(c8cc(C9CCC(=O)NC9=O)ccn8)CC7)CC6)cc5[nH]4)c3C[C@@H]1C2(F)F. The molecule has 3 saturated heterocycles. The second kappa shape index (κ2) is 12.0. The van der Waals surface area contributed by atoms with Gasteiger partial charge in [0.15, 0.2) is 0 Å². The summed E-state index contributed by atoms with van der Waals surface area (Å²) in [5.74, 6) is -2.57. The van der Waals surface area contributed by atoms with E-state index in [1.165, 1.54) is 0 Å². The van der Waals surface area contributed by atoms with E-state index in [2.05, 4.69) is 35.3 Å². The molecule has 1 saturated carbocycles. The van der Waals surface area contributed by atoms with Crippen LogP contribution in [0.2, 0.25) is 0 Å². The van der Waals surface area contributed by atoms with Crippen molar-refractivity contribution < 1.29 is 23.2 Å². The van der Waals surface area contributed by atoms with Gasteiger partial charge in [0.1, 0.15) is 11.5 Å². The van der Waals surface area contributed by atoms with Gasteiger partial charge in [-0.05, 0) is 67.5 Å². The molecule has 3 atom stereocenters. The first-order valence-electron chi connectivity index (χ1n) is 18.2. The Morgan fingerprint density at radius 1 is 1.00 bits per heavy atom. The fraction of sp³-hybridized carbons (Fsp3) is 0.500. The zero-order valence-electron chi connectivity index (χ0n) is 28.7. The molecule has 3 N–H and O–H groups in total. The van der Waals surface area contributed by atoms with Crippen LogP contribution in [0.4, 0.5) is 14.6 Å². The van der Waals surface area contributed by atoms with Gasteiger partial charge in [0.05, 0.1) is 11.6 Å². The molecule has 3 aromatic heterocycles. The molecule has 1 aromatic carbocycles. The van der Waals surface area contributed by atoms with Crippen molar-refractivity contribution in [2.45, 2.75) is 57.3 Å². The molecule has 9 rings (SSSR count). The third-order valence-corrected chi connectivity index (χ3v) is 12.4. The lowest BCUT2D eigenvalue weighted by molar-refractivity contribution is -0.134. The molecule has 4 fully saturated rings. The Kier molecular flexibility index (Phi) is 7.57. The summed E-state index contributed by atoms with van der Waals surface area (Å²) in [5.41, 5.74) is 4.52. The quantitative estimate of drug-likeness (QED) is 0.253. The van der Waals surface area contributed by atoms with Crippen LogP contribution in [0.5, 0.6) is 0 Å². The average Bonchev–Trinajstić information content (AvgIpc) is 3.52. The molecule has 0 spiro atoms. The molecule has 266 valence electrons. The number of imide groups is 1. The molecule has 0 bridgehead atoms. The molecule has 6 heterocycles. The first kappa shape index (κ1) is 32.3. The molecule has 3 aliphatic heterocycles. The molecule has 0 radical (unpaired) electrons. The Hall–Kier alpha value is -4.65. The first-order chi connectivity index (χ1) is 24.6. The number of hydrogen-bond donors (Lipinski definition) is 3.